The maximum atomic E-state index is 11.8. The van der Waals surface area contributed by atoms with Gasteiger partial charge in [0.2, 0.25) is 0 Å². The first kappa shape index (κ1) is 11.9. The van der Waals surface area contributed by atoms with Crippen LogP contribution in [0.2, 0.25) is 0 Å². The van der Waals surface area contributed by atoms with Crippen molar-refractivity contribution in [2.75, 3.05) is 0 Å². The third kappa shape index (κ3) is 1.90. The van der Waals surface area contributed by atoms with E-state index in [0.717, 1.165) is 21.1 Å². The van der Waals surface area contributed by atoms with Gasteiger partial charge in [-0.1, -0.05) is 0 Å². The van der Waals surface area contributed by atoms with Gasteiger partial charge in [-0.15, -0.1) is 11.3 Å². The van der Waals surface area contributed by atoms with E-state index in [0.29, 0.717) is 10.9 Å². The summed E-state index contributed by atoms with van der Waals surface area (Å²) in [5.74, 6) is 0.00375. The van der Waals surface area contributed by atoms with Gasteiger partial charge >= 0.3 is 0 Å². The summed E-state index contributed by atoms with van der Waals surface area (Å²) in [5.41, 5.74) is 1.72. The standard InChI is InChI=1S/C13H11N3O2S/c1-6-12(19-7(2)16-6)8-3-9-11(10(17)4-8)14-5-15-13(9)18/h3-5,17H,1-2H3,(H,14,15,18). The second-order valence-corrected chi connectivity index (χ2v) is 5.47. The van der Waals surface area contributed by atoms with Crippen LogP contribution in [0.1, 0.15) is 10.7 Å². The van der Waals surface area contributed by atoms with Crippen molar-refractivity contribution >= 4 is 22.2 Å². The predicted molar refractivity (Wildman–Crippen MR) is 74.6 cm³/mol. The fourth-order valence-electron chi connectivity index (χ4n) is 2.09. The highest BCUT2D eigenvalue weighted by molar-refractivity contribution is 7.15. The molecule has 96 valence electrons. The van der Waals surface area contributed by atoms with Crippen molar-refractivity contribution in [2.45, 2.75) is 13.8 Å². The fourth-order valence-corrected chi connectivity index (χ4v) is 3.00. The van der Waals surface area contributed by atoms with Gasteiger partial charge in [-0.05, 0) is 31.5 Å². The smallest absolute Gasteiger partial charge is 0.258 e. The number of aryl methyl sites for hydroxylation is 2. The van der Waals surface area contributed by atoms with Crippen molar-refractivity contribution in [2.24, 2.45) is 0 Å². The Morgan fingerprint density at radius 1 is 1.32 bits per heavy atom. The lowest BCUT2D eigenvalue weighted by Crippen LogP contribution is -2.06. The van der Waals surface area contributed by atoms with Crippen molar-refractivity contribution in [1.29, 1.82) is 0 Å². The molecule has 5 nitrogen and oxygen atoms in total. The number of phenols is 1. The van der Waals surface area contributed by atoms with Crippen molar-refractivity contribution < 1.29 is 5.11 Å². The van der Waals surface area contributed by atoms with Gasteiger partial charge in [0.15, 0.2) is 0 Å². The van der Waals surface area contributed by atoms with Gasteiger partial charge in [-0.25, -0.2) is 9.97 Å². The number of phenolic OH excluding ortho intramolecular Hbond substituents is 1. The summed E-state index contributed by atoms with van der Waals surface area (Å²) in [5, 5.41) is 11.3. The lowest BCUT2D eigenvalue weighted by molar-refractivity contribution is 0.480. The minimum absolute atomic E-state index is 0.00375. The molecule has 0 fully saturated rings. The molecule has 0 unspecified atom stereocenters. The van der Waals surface area contributed by atoms with Crippen LogP contribution >= 0.6 is 11.3 Å². The average Bonchev–Trinajstić information content (AvgIpc) is 2.70. The predicted octanol–water partition coefficient (Wildman–Crippen LogP) is 2.37. The number of aromatic hydroxyl groups is 1. The van der Waals surface area contributed by atoms with Crippen molar-refractivity contribution in [1.82, 2.24) is 15.0 Å². The molecule has 1 aromatic carbocycles. The lowest BCUT2D eigenvalue weighted by Gasteiger charge is -2.03. The Bertz CT molecular complexity index is 836. The Hall–Kier alpha value is -2.21. The summed E-state index contributed by atoms with van der Waals surface area (Å²) >= 11 is 1.54. The van der Waals surface area contributed by atoms with E-state index in [1.165, 1.54) is 17.7 Å². The number of nitrogens with one attached hydrogen (secondary N) is 1. The van der Waals surface area contributed by atoms with Crippen LogP contribution in [0.25, 0.3) is 21.3 Å². The van der Waals surface area contributed by atoms with Gasteiger partial charge in [0.25, 0.3) is 5.56 Å². The molecule has 0 saturated heterocycles. The molecule has 2 aromatic heterocycles. The Labute approximate surface area is 112 Å². The van der Waals surface area contributed by atoms with Crippen LogP contribution in [-0.2, 0) is 0 Å². The number of aromatic nitrogens is 3. The maximum Gasteiger partial charge on any atom is 0.258 e. The number of benzene rings is 1. The molecule has 0 amide bonds. The number of nitrogens with zero attached hydrogens (tertiary/aromatic N) is 2. The first-order chi connectivity index (χ1) is 9.06. The lowest BCUT2D eigenvalue weighted by atomic mass is 10.1. The molecule has 3 rings (SSSR count). The molecule has 0 aliphatic carbocycles. The minimum atomic E-state index is -0.263. The zero-order valence-corrected chi connectivity index (χ0v) is 11.2. The quantitative estimate of drug-likeness (QED) is 0.713. The second kappa shape index (κ2) is 4.17. The Kier molecular flexibility index (Phi) is 2.60. The van der Waals surface area contributed by atoms with E-state index in [1.807, 2.05) is 13.8 Å². The Morgan fingerprint density at radius 3 is 2.79 bits per heavy atom. The molecule has 3 aromatic rings. The number of thiazole rings is 1. The van der Waals surface area contributed by atoms with Crippen LogP contribution in [0.15, 0.2) is 23.3 Å². The summed E-state index contributed by atoms with van der Waals surface area (Å²) < 4.78 is 0. The number of fused-ring (bicyclic) bond motifs is 1. The molecule has 19 heavy (non-hydrogen) atoms. The molecule has 0 bridgehead atoms. The Morgan fingerprint density at radius 2 is 2.11 bits per heavy atom. The number of hydrogen-bond acceptors (Lipinski definition) is 5. The van der Waals surface area contributed by atoms with E-state index in [9.17, 15) is 9.90 Å². The van der Waals surface area contributed by atoms with Gasteiger partial charge in [-0.3, -0.25) is 4.79 Å². The van der Waals surface area contributed by atoms with Gasteiger partial charge in [0, 0.05) is 0 Å². The summed E-state index contributed by atoms with van der Waals surface area (Å²) in [6.45, 7) is 3.84. The minimum Gasteiger partial charge on any atom is -0.506 e. The van der Waals surface area contributed by atoms with E-state index in [4.69, 9.17) is 0 Å². The molecule has 0 spiro atoms. The molecule has 0 aliphatic heterocycles. The largest absolute Gasteiger partial charge is 0.506 e. The summed E-state index contributed by atoms with van der Waals surface area (Å²) in [6.07, 6.45) is 1.28. The van der Waals surface area contributed by atoms with Gasteiger partial charge in [0.05, 0.1) is 27.3 Å². The molecular formula is C13H11N3O2S. The topological polar surface area (TPSA) is 78.9 Å². The van der Waals surface area contributed by atoms with E-state index >= 15 is 0 Å². The number of H-pyrrole nitrogens is 1. The molecule has 2 N–H and O–H groups in total. The first-order valence-electron chi connectivity index (χ1n) is 5.71. The van der Waals surface area contributed by atoms with Crippen LogP contribution in [-0.4, -0.2) is 20.1 Å². The van der Waals surface area contributed by atoms with Crippen LogP contribution in [0, 0.1) is 13.8 Å². The third-order valence-electron chi connectivity index (χ3n) is 2.89. The number of rotatable bonds is 1. The average molecular weight is 273 g/mol. The third-order valence-corrected chi connectivity index (χ3v) is 4.01. The Balaban J connectivity index is 2.35. The van der Waals surface area contributed by atoms with Crippen molar-refractivity contribution in [3.05, 3.63) is 39.5 Å². The summed E-state index contributed by atoms with van der Waals surface area (Å²) in [6, 6.07) is 3.36. The van der Waals surface area contributed by atoms with E-state index in [2.05, 4.69) is 15.0 Å². The highest BCUT2D eigenvalue weighted by Crippen LogP contribution is 2.34. The zero-order valence-electron chi connectivity index (χ0n) is 10.4. The summed E-state index contributed by atoms with van der Waals surface area (Å²) in [4.78, 5) is 23.6. The molecular weight excluding hydrogens is 262 g/mol. The van der Waals surface area contributed by atoms with Crippen LogP contribution in [0.3, 0.4) is 0 Å². The van der Waals surface area contributed by atoms with Gasteiger partial charge in [-0.2, -0.15) is 0 Å². The highest BCUT2D eigenvalue weighted by atomic mass is 32.1. The van der Waals surface area contributed by atoms with Crippen molar-refractivity contribution in [3.8, 4) is 16.2 Å². The highest BCUT2D eigenvalue weighted by Gasteiger charge is 2.12. The normalized spacial score (nSPS) is 11.1. The SMILES string of the molecule is Cc1nc(C)c(-c2cc(O)c3nc[nH]c(=O)c3c2)s1. The van der Waals surface area contributed by atoms with Crippen LogP contribution in [0.4, 0.5) is 0 Å². The molecule has 0 radical (unpaired) electrons. The van der Waals surface area contributed by atoms with Gasteiger partial charge in [0.1, 0.15) is 11.3 Å². The van der Waals surface area contributed by atoms with E-state index in [-0.39, 0.29) is 11.3 Å². The van der Waals surface area contributed by atoms with Crippen LogP contribution in [0.5, 0.6) is 5.75 Å². The fraction of sp³-hybridized carbons (Fsp3) is 0.154. The molecule has 0 saturated carbocycles. The van der Waals surface area contributed by atoms with Gasteiger partial charge < -0.3 is 10.1 Å². The van der Waals surface area contributed by atoms with Crippen molar-refractivity contribution in [3.63, 3.8) is 0 Å². The zero-order chi connectivity index (χ0) is 13.6. The first-order valence-corrected chi connectivity index (χ1v) is 6.52. The second-order valence-electron chi connectivity index (χ2n) is 4.27. The monoisotopic (exact) mass is 273 g/mol. The maximum absolute atomic E-state index is 11.8. The number of aromatic amines is 1. The molecule has 2 heterocycles. The molecule has 6 heteroatoms. The molecule has 0 atom stereocenters. The van der Waals surface area contributed by atoms with Crippen LogP contribution < -0.4 is 5.56 Å². The summed E-state index contributed by atoms with van der Waals surface area (Å²) in [7, 11) is 0. The van der Waals surface area contributed by atoms with E-state index < -0.39 is 0 Å². The molecule has 0 aliphatic rings. The van der Waals surface area contributed by atoms with E-state index in [1.54, 1.807) is 12.1 Å². The number of hydrogen-bond donors (Lipinski definition) is 2.